The van der Waals surface area contributed by atoms with Crippen molar-refractivity contribution in [2.45, 2.75) is 25.9 Å². The maximum absolute atomic E-state index is 11.1. The third kappa shape index (κ3) is 5.29. The van der Waals surface area contributed by atoms with E-state index in [9.17, 15) is 4.79 Å². The summed E-state index contributed by atoms with van der Waals surface area (Å²) in [5, 5.41) is 4.00. The lowest BCUT2D eigenvalue weighted by Gasteiger charge is -2.13. The average molecular weight is 415 g/mol. The van der Waals surface area contributed by atoms with Gasteiger partial charge in [-0.3, -0.25) is 9.78 Å². The molecule has 0 spiro atoms. The van der Waals surface area contributed by atoms with E-state index in [1.54, 1.807) is 6.20 Å². The van der Waals surface area contributed by atoms with E-state index in [1.807, 2.05) is 54.9 Å². The molecule has 2 aromatic heterocycles. The average Bonchev–Trinajstić information content (AvgIpc) is 3.19. The smallest absolute Gasteiger partial charge is 0.217 e. The fraction of sp³-hybridized carbons (Fsp3) is 0.200. The Morgan fingerprint density at radius 1 is 1.13 bits per heavy atom. The van der Waals surface area contributed by atoms with Crippen LogP contribution in [0.5, 0.6) is 5.75 Å². The molecule has 158 valence electrons. The van der Waals surface area contributed by atoms with Gasteiger partial charge in [0.25, 0.3) is 0 Å². The molecular formula is C25H26N4O2. The van der Waals surface area contributed by atoms with Crippen LogP contribution >= 0.6 is 0 Å². The normalized spacial score (nSPS) is 11.9. The standard InChI is InChI=1S/C25H26N4O2/c1-17(30)28-12-18-6-8-19(9-7-18)20-11-23(15-27-13-20)31-16-22(26)10-21-14-29-25-5-3-2-4-24(21)25/h2-9,11,13-15,22,29H,10,12,16,26H2,1H3,(H,28,30)/t22-/m0/s1. The summed E-state index contributed by atoms with van der Waals surface area (Å²) in [6, 6.07) is 18.1. The Labute approximate surface area is 181 Å². The van der Waals surface area contributed by atoms with Crippen LogP contribution in [0.25, 0.3) is 22.0 Å². The summed E-state index contributed by atoms with van der Waals surface area (Å²) in [5.41, 5.74) is 11.7. The highest BCUT2D eigenvalue weighted by atomic mass is 16.5. The van der Waals surface area contributed by atoms with Crippen LogP contribution in [-0.4, -0.2) is 28.5 Å². The topological polar surface area (TPSA) is 93.0 Å². The highest BCUT2D eigenvalue weighted by molar-refractivity contribution is 5.83. The molecule has 2 aromatic carbocycles. The van der Waals surface area contributed by atoms with Crippen molar-refractivity contribution < 1.29 is 9.53 Å². The van der Waals surface area contributed by atoms with Gasteiger partial charge in [0.2, 0.25) is 5.91 Å². The van der Waals surface area contributed by atoms with Crippen LogP contribution in [0.1, 0.15) is 18.1 Å². The molecule has 0 radical (unpaired) electrons. The zero-order valence-corrected chi connectivity index (χ0v) is 17.5. The summed E-state index contributed by atoms with van der Waals surface area (Å²) in [7, 11) is 0. The van der Waals surface area contributed by atoms with Crippen molar-refractivity contribution in [1.82, 2.24) is 15.3 Å². The van der Waals surface area contributed by atoms with Crippen molar-refractivity contribution in [3.63, 3.8) is 0 Å². The molecule has 1 amide bonds. The van der Waals surface area contributed by atoms with E-state index < -0.39 is 0 Å². The van der Waals surface area contributed by atoms with Crippen LogP contribution in [-0.2, 0) is 17.8 Å². The van der Waals surface area contributed by atoms with Crippen LogP contribution in [0.15, 0.2) is 73.2 Å². The molecule has 0 aliphatic rings. The van der Waals surface area contributed by atoms with Gasteiger partial charge in [0.15, 0.2) is 0 Å². The maximum atomic E-state index is 11.1. The Bertz CT molecular complexity index is 1170. The molecule has 4 N–H and O–H groups in total. The molecule has 6 heteroatoms. The Morgan fingerprint density at radius 2 is 1.94 bits per heavy atom. The number of benzene rings is 2. The predicted octanol–water partition coefficient (Wildman–Crippen LogP) is 3.81. The SMILES string of the molecule is CC(=O)NCc1ccc(-c2cncc(OC[C@@H](N)Cc3c[nH]c4ccccc34)c2)cc1. The number of nitrogens with zero attached hydrogens (tertiary/aromatic N) is 1. The van der Waals surface area contributed by atoms with Crippen molar-refractivity contribution in [1.29, 1.82) is 0 Å². The number of nitrogens with two attached hydrogens (primary N) is 1. The number of hydrogen-bond acceptors (Lipinski definition) is 4. The number of aromatic nitrogens is 2. The first-order valence-corrected chi connectivity index (χ1v) is 10.3. The van der Waals surface area contributed by atoms with Gasteiger partial charge in [-0.1, -0.05) is 42.5 Å². The van der Waals surface area contributed by atoms with Gasteiger partial charge in [-0.05, 0) is 35.2 Å². The highest BCUT2D eigenvalue weighted by Crippen LogP contribution is 2.24. The van der Waals surface area contributed by atoms with Crippen LogP contribution < -0.4 is 15.8 Å². The van der Waals surface area contributed by atoms with E-state index in [1.165, 1.54) is 17.9 Å². The number of ether oxygens (including phenoxy) is 1. The van der Waals surface area contributed by atoms with Gasteiger partial charge in [-0.15, -0.1) is 0 Å². The summed E-state index contributed by atoms with van der Waals surface area (Å²) in [6.45, 7) is 2.43. The molecule has 0 saturated carbocycles. The van der Waals surface area contributed by atoms with Gasteiger partial charge in [0, 0.05) is 48.4 Å². The molecule has 0 saturated heterocycles. The Hall–Kier alpha value is -3.64. The summed E-state index contributed by atoms with van der Waals surface area (Å²) >= 11 is 0. The van der Waals surface area contributed by atoms with Crippen LogP contribution in [0.2, 0.25) is 0 Å². The predicted molar refractivity (Wildman–Crippen MR) is 123 cm³/mol. The molecule has 31 heavy (non-hydrogen) atoms. The second kappa shape index (κ2) is 9.45. The molecule has 4 rings (SSSR count). The number of aromatic amines is 1. The minimum atomic E-state index is -0.129. The molecule has 2 heterocycles. The molecule has 1 atom stereocenters. The second-order valence-electron chi connectivity index (χ2n) is 7.65. The molecule has 4 aromatic rings. The summed E-state index contributed by atoms with van der Waals surface area (Å²) in [5.74, 6) is 0.648. The third-order valence-electron chi connectivity index (χ3n) is 5.16. The van der Waals surface area contributed by atoms with E-state index in [0.717, 1.165) is 28.6 Å². The Morgan fingerprint density at radius 3 is 2.74 bits per heavy atom. The van der Waals surface area contributed by atoms with Gasteiger partial charge in [0.05, 0.1) is 6.20 Å². The van der Waals surface area contributed by atoms with Crippen LogP contribution in [0.4, 0.5) is 0 Å². The summed E-state index contributed by atoms with van der Waals surface area (Å²) in [4.78, 5) is 18.6. The quantitative estimate of drug-likeness (QED) is 0.409. The van der Waals surface area contributed by atoms with Crippen molar-refractivity contribution in [2.24, 2.45) is 5.73 Å². The zero-order valence-electron chi connectivity index (χ0n) is 17.5. The third-order valence-corrected chi connectivity index (χ3v) is 5.16. The molecule has 0 bridgehead atoms. The minimum Gasteiger partial charge on any atom is -0.490 e. The van der Waals surface area contributed by atoms with Gasteiger partial charge < -0.3 is 20.8 Å². The number of rotatable bonds is 8. The van der Waals surface area contributed by atoms with Gasteiger partial charge in [-0.25, -0.2) is 0 Å². The second-order valence-corrected chi connectivity index (χ2v) is 7.65. The number of carbonyl (C=O) groups excluding carboxylic acids is 1. The van der Waals surface area contributed by atoms with Crippen LogP contribution in [0, 0.1) is 0 Å². The lowest BCUT2D eigenvalue weighted by Crippen LogP contribution is -2.30. The number of amides is 1. The zero-order chi connectivity index (χ0) is 21.6. The molecule has 6 nitrogen and oxygen atoms in total. The largest absolute Gasteiger partial charge is 0.490 e. The van der Waals surface area contributed by atoms with Crippen molar-refractivity contribution >= 4 is 16.8 Å². The Kier molecular flexibility index (Phi) is 6.29. The fourth-order valence-corrected chi connectivity index (χ4v) is 3.54. The van der Waals surface area contributed by atoms with Crippen LogP contribution in [0.3, 0.4) is 0 Å². The number of H-pyrrole nitrogens is 1. The van der Waals surface area contributed by atoms with E-state index in [0.29, 0.717) is 18.9 Å². The number of nitrogens with one attached hydrogen (secondary N) is 2. The highest BCUT2D eigenvalue weighted by Gasteiger charge is 2.10. The molecule has 0 fully saturated rings. The van der Waals surface area contributed by atoms with Crippen molar-refractivity contribution in [3.05, 3.63) is 84.3 Å². The lowest BCUT2D eigenvalue weighted by atomic mass is 10.1. The lowest BCUT2D eigenvalue weighted by molar-refractivity contribution is -0.119. The Balaban J connectivity index is 1.36. The molecule has 0 unspecified atom stereocenters. The summed E-state index contributed by atoms with van der Waals surface area (Å²) in [6.07, 6.45) is 6.25. The number of para-hydroxylation sites is 1. The fourth-order valence-electron chi connectivity index (χ4n) is 3.54. The van der Waals surface area contributed by atoms with Gasteiger partial charge in [-0.2, -0.15) is 0 Å². The number of pyridine rings is 1. The first kappa shape index (κ1) is 20.6. The first-order valence-electron chi connectivity index (χ1n) is 10.3. The first-order chi connectivity index (χ1) is 15.1. The van der Waals surface area contributed by atoms with Crippen molar-refractivity contribution in [2.75, 3.05) is 6.61 Å². The van der Waals surface area contributed by atoms with E-state index in [2.05, 4.69) is 27.4 Å². The van der Waals surface area contributed by atoms with E-state index >= 15 is 0 Å². The summed E-state index contributed by atoms with van der Waals surface area (Å²) < 4.78 is 5.93. The van der Waals surface area contributed by atoms with Gasteiger partial charge >= 0.3 is 0 Å². The monoisotopic (exact) mass is 414 g/mol. The number of carbonyl (C=O) groups is 1. The van der Waals surface area contributed by atoms with E-state index in [-0.39, 0.29) is 11.9 Å². The number of fused-ring (bicyclic) bond motifs is 1. The molecule has 0 aliphatic heterocycles. The molecule has 0 aliphatic carbocycles. The maximum Gasteiger partial charge on any atom is 0.217 e. The minimum absolute atomic E-state index is 0.0407. The van der Waals surface area contributed by atoms with Gasteiger partial charge in [0.1, 0.15) is 12.4 Å². The van der Waals surface area contributed by atoms with Crippen molar-refractivity contribution in [3.8, 4) is 16.9 Å². The van der Waals surface area contributed by atoms with E-state index in [4.69, 9.17) is 10.5 Å². The number of hydrogen-bond donors (Lipinski definition) is 3. The molecular weight excluding hydrogens is 388 g/mol.